The largest absolute Gasteiger partial charge is 0.369 e. The number of rotatable bonds is 9. The van der Waals surface area contributed by atoms with Crippen LogP contribution in [0.2, 0.25) is 0 Å². The maximum atomic E-state index is 13.2. The third kappa shape index (κ3) is 6.16. The van der Waals surface area contributed by atoms with Crippen molar-refractivity contribution in [2.45, 2.75) is 32.2 Å². The van der Waals surface area contributed by atoms with Crippen LogP contribution in [-0.4, -0.2) is 62.4 Å². The van der Waals surface area contributed by atoms with Crippen LogP contribution in [0.4, 0.5) is 23.0 Å². The Morgan fingerprint density at radius 1 is 0.896 bits per heavy atom. The van der Waals surface area contributed by atoms with Gasteiger partial charge in [0.15, 0.2) is 4.96 Å². The normalized spacial score (nSPS) is 17.9. The molecule has 2 aliphatic rings. The van der Waals surface area contributed by atoms with E-state index >= 15 is 0 Å². The number of thiazole rings is 1. The predicted octanol–water partition coefficient (Wildman–Crippen LogP) is 7.54. The fraction of sp³-hybridized carbons (Fsp3) is 0.263. The van der Waals surface area contributed by atoms with Crippen LogP contribution >= 0.6 is 11.3 Å². The average molecular weight is 655 g/mol. The molecular weight excluding hydrogens is 617 g/mol. The third-order valence-corrected chi connectivity index (χ3v) is 10.2. The monoisotopic (exact) mass is 654 g/mol. The Hall–Kier alpha value is -5.06. The van der Waals surface area contributed by atoms with Gasteiger partial charge in [0.1, 0.15) is 5.69 Å². The number of nitrogens with one attached hydrogen (secondary N) is 2. The molecule has 2 unspecified atom stereocenters. The van der Waals surface area contributed by atoms with E-state index < -0.39 is 0 Å². The topological polar surface area (TPSA) is 90.7 Å². The second-order valence-electron chi connectivity index (χ2n) is 12.8. The molecule has 1 saturated heterocycles. The molecule has 4 heterocycles. The molecule has 9 nitrogen and oxygen atoms in total. The summed E-state index contributed by atoms with van der Waals surface area (Å²) in [6, 6.07) is 29.2. The summed E-state index contributed by atoms with van der Waals surface area (Å²) in [5.41, 5.74) is 7.49. The Kier molecular flexibility index (Phi) is 8.11. The molecule has 1 saturated carbocycles. The van der Waals surface area contributed by atoms with Crippen LogP contribution in [0.3, 0.4) is 0 Å². The van der Waals surface area contributed by atoms with Crippen LogP contribution in [0, 0.1) is 5.92 Å². The van der Waals surface area contributed by atoms with Gasteiger partial charge in [-0.1, -0.05) is 42.5 Å². The zero-order valence-corrected chi connectivity index (χ0v) is 27.9. The van der Waals surface area contributed by atoms with Crippen molar-refractivity contribution in [3.05, 3.63) is 108 Å². The molecule has 1 aliphatic heterocycles. The number of hydrogen-bond acceptors (Lipinski definition) is 8. The number of piperazine rings is 1. The first-order valence-corrected chi connectivity index (χ1v) is 17.5. The molecule has 8 rings (SSSR count). The molecule has 10 heteroatoms. The number of benzene rings is 3. The molecule has 2 fully saturated rings. The molecule has 2 N–H and O–H groups in total. The molecule has 0 bridgehead atoms. The number of anilines is 4. The van der Waals surface area contributed by atoms with Crippen molar-refractivity contribution in [3.63, 3.8) is 0 Å². The minimum absolute atomic E-state index is 0.00635. The minimum atomic E-state index is -0.00635. The van der Waals surface area contributed by atoms with Gasteiger partial charge in [-0.05, 0) is 74.2 Å². The second kappa shape index (κ2) is 12.9. The molecule has 0 spiro atoms. The Morgan fingerprint density at radius 2 is 1.71 bits per heavy atom. The summed E-state index contributed by atoms with van der Waals surface area (Å²) < 4.78 is 2.07. The highest BCUT2D eigenvalue weighted by Crippen LogP contribution is 2.48. The number of nitrogens with zero attached hydrogens (tertiary/aromatic N) is 6. The van der Waals surface area contributed by atoms with Crippen molar-refractivity contribution in [1.82, 2.24) is 24.3 Å². The number of carbonyl (C=O) groups excluding carboxylic acids is 1. The quantitative estimate of drug-likeness (QED) is 0.167. The molecule has 3 aromatic heterocycles. The van der Waals surface area contributed by atoms with Crippen molar-refractivity contribution >= 4 is 45.2 Å². The molecule has 3 aromatic carbocycles. The number of aromatic nitrogens is 4. The van der Waals surface area contributed by atoms with Crippen LogP contribution in [0.25, 0.3) is 27.6 Å². The van der Waals surface area contributed by atoms with E-state index in [2.05, 4.69) is 80.1 Å². The number of carbonyl (C=O) groups is 1. The van der Waals surface area contributed by atoms with Crippen LogP contribution in [0.5, 0.6) is 0 Å². The van der Waals surface area contributed by atoms with Gasteiger partial charge in [0.25, 0.3) is 0 Å². The second-order valence-corrected chi connectivity index (χ2v) is 13.7. The average Bonchev–Trinajstić information content (AvgIpc) is 3.66. The van der Waals surface area contributed by atoms with Gasteiger partial charge in [-0.25, -0.2) is 15.0 Å². The fourth-order valence-corrected chi connectivity index (χ4v) is 7.41. The molecule has 0 radical (unpaired) electrons. The van der Waals surface area contributed by atoms with Gasteiger partial charge in [-0.15, -0.1) is 11.3 Å². The standard InChI is InChI=1S/C38H38N8OS/c1-25(2)44-17-19-45(20-18-44)30-13-11-28(12-14-30)41-37-39-16-15-33(42-37)35-34(43-38-46(35)21-22-48-38)27-9-6-10-29(23-27)40-36(47)32-24-31(32)26-7-4-3-5-8-26/h3-16,21-23,25,31-32H,17-20,24H2,1-2H3,(H,40,47)(H,39,41,42). The van der Waals surface area contributed by atoms with Crippen LogP contribution in [0.1, 0.15) is 31.7 Å². The van der Waals surface area contributed by atoms with E-state index in [9.17, 15) is 4.79 Å². The zero-order chi connectivity index (χ0) is 32.6. The SMILES string of the molecule is CC(C)N1CCN(c2ccc(Nc3nccc(-c4c(-c5cccc(NC(=O)C6CC6c6ccccc6)c5)nc5sccn45)n3)cc2)CC1. The zero-order valence-electron chi connectivity index (χ0n) is 27.1. The number of amides is 1. The number of fused-ring (bicyclic) bond motifs is 1. The predicted molar refractivity (Wildman–Crippen MR) is 194 cm³/mol. The lowest BCUT2D eigenvalue weighted by Crippen LogP contribution is -2.48. The van der Waals surface area contributed by atoms with Crippen LogP contribution in [0.15, 0.2) is 103 Å². The van der Waals surface area contributed by atoms with E-state index in [1.165, 1.54) is 11.3 Å². The first-order chi connectivity index (χ1) is 23.5. The van der Waals surface area contributed by atoms with E-state index in [4.69, 9.17) is 9.97 Å². The molecule has 242 valence electrons. The summed E-state index contributed by atoms with van der Waals surface area (Å²) in [5, 5.41) is 8.58. The van der Waals surface area contributed by atoms with Crippen molar-refractivity contribution in [1.29, 1.82) is 0 Å². The molecule has 2 atom stereocenters. The van der Waals surface area contributed by atoms with Gasteiger partial charge >= 0.3 is 0 Å². The van der Waals surface area contributed by atoms with Crippen molar-refractivity contribution in [2.24, 2.45) is 5.92 Å². The maximum Gasteiger partial charge on any atom is 0.228 e. The lowest BCUT2D eigenvalue weighted by Gasteiger charge is -2.38. The van der Waals surface area contributed by atoms with Gasteiger partial charge in [0.2, 0.25) is 11.9 Å². The van der Waals surface area contributed by atoms with E-state index in [0.717, 1.165) is 71.6 Å². The van der Waals surface area contributed by atoms with Crippen LogP contribution < -0.4 is 15.5 Å². The molecule has 48 heavy (non-hydrogen) atoms. The fourth-order valence-electron chi connectivity index (χ4n) is 6.70. The highest BCUT2D eigenvalue weighted by atomic mass is 32.1. The van der Waals surface area contributed by atoms with E-state index in [0.29, 0.717) is 12.0 Å². The Bertz CT molecular complexity index is 2050. The maximum absolute atomic E-state index is 13.2. The van der Waals surface area contributed by atoms with Crippen LogP contribution in [-0.2, 0) is 4.79 Å². The summed E-state index contributed by atoms with van der Waals surface area (Å²) in [4.78, 5) is 33.5. The Balaban J connectivity index is 1.00. The smallest absolute Gasteiger partial charge is 0.228 e. The summed E-state index contributed by atoms with van der Waals surface area (Å²) >= 11 is 1.57. The molecule has 6 aromatic rings. The number of imidazole rings is 1. The first kappa shape index (κ1) is 30.3. The molecule has 1 amide bonds. The Morgan fingerprint density at radius 3 is 2.50 bits per heavy atom. The summed E-state index contributed by atoms with van der Waals surface area (Å²) in [6.45, 7) is 8.76. The van der Waals surface area contributed by atoms with Gasteiger partial charge in [0, 0.05) is 78.5 Å². The van der Waals surface area contributed by atoms with Gasteiger partial charge in [0.05, 0.1) is 11.4 Å². The third-order valence-electron chi connectivity index (χ3n) is 9.45. The van der Waals surface area contributed by atoms with Gasteiger partial charge in [-0.2, -0.15) is 0 Å². The van der Waals surface area contributed by atoms with E-state index in [1.807, 2.05) is 60.1 Å². The molecule has 1 aliphatic carbocycles. The van der Waals surface area contributed by atoms with Gasteiger partial charge in [-0.3, -0.25) is 14.1 Å². The summed E-state index contributed by atoms with van der Waals surface area (Å²) in [7, 11) is 0. The van der Waals surface area contributed by atoms with Crippen molar-refractivity contribution < 1.29 is 4.79 Å². The molecular formula is C38H38N8OS. The Labute approximate surface area is 284 Å². The number of hydrogen-bond donors (Lipinski definition) is 2. The first-order valence-electron chi connectivity index (χ1n) is 16.6. The highest BCUT2D eigenvalue weighted by Gasteiger charge is 2.43. The van der Waals surface area contributed by atoms with E-state index in [1.54, 1.807) is 17.5 Å². The highest BCUT2D eigenvalue weighted by molar-refractivity contribution is 7.15. The van der Waals surface area contributed by atoms with Crippen molar-refractivity contribution in [3.8, 4) is 22.6 Å². The summed E-state index contributed by atoms with van der Waals surface area (Å²) in [6.07, 6.45) is 4.67. The van der Waals surface area contributed by atoms with Gasteiger partial charge < -0.3 is 15.5 Å². The van der Waals surface area contributed by atoms with Crippen molar-refractivity contribution in [2.75, 3.05) is 41.7 Å². The minimum Gasteiger partial charge on any atom is -0.369 e. The lowest BCUT2D eigenvalue weighted by atomic mass is 10.1. The van der Waals surface area contributed by atoms with E-state index in [-0.39, 0.29) is 17.7 Å². The lowest BCUT2D eigenvalue weighted by molar-refractivity contribution is -0.117. The summed E-state index contributed by atoms with van der Waals surface area (Å²) in [5.74, 6) is 0.846.